The molecule has 1 N–H and O–H groups in total. The van der Waals surface area contributed by atoms with E-state index in [1.54, 1.807) is 0 Å². The van der Waals surface area contributed by atoms with E-state index in [9.17, 15) is 0 Å². The average Bonchev–Trinajstić information content (AvgIpc) is 3.05. The van der Waals surface area contributed by atoms with Gasteiger partial charge >= 0.3 is 0 Å². The number of nitrogens with one attached hydrogen (secondary N) is 1. The summed E-state index contributed by atoms with van der Waals surface area (Å²) in [7, 11) is 2.14. The molecule has 4 heteroatoms. The first kappa shape index (κ1) is 11.5. The van der Waals surface area contributed by atoms with Crippen LogP contribution in [0.15, 0.2) is 29.0 Å². The Labute approximate surface area is 107 Å². The molecule has 18 heavy (non-hydrogen) atoms. The first-order valence-corrected chi connectivity index (χ1v) is 6.58. The Morgan fingerprint density at radius 1 is 1.50 bits per heavy atom. The molecule has 2 aromatic rings. The van der Waals surface area contributed by atoms with Crippen LogP contribution < -0.4 is 10.2 Å². The number of fused-ring (bicyclic) bond motifs is 1. The summed E-state index contributed by atoms with van der Waals surface area (Å²) < 4.78 is 5.34. The van der Waals surface area contributed by atoms with Crippen molar-refractivity contribution < 1.29 is 4.42 Å². The standard InChI is InChI=1S/C14H19N3O/c1-17(7-5-11-4-6-15-9-11)12-2-3-13-14(8-12)18-10-16-13/h2-3,8,10-11,15H,4-7,9H2,1H3. The lowest BCUT2D eigenvalue weighted by Crippen LogP contribution is -2.21. The zero-order chi connectivity index (χ0) is 12.4. The smallest absolute Gasteiger partial charge is 0.181 e. The first-order chi connectivity index (χ1) is 8.83. The van der Waals surface area contributed by atoms with Gasteiger partial charge in [0.1, 0.15) is 5.52 Å². The summed E-state index contributed by atoms with van der Waals surface area (Å²) in [5, 5.41) is 3.41. The Kier molecular flexibility index (Phi) is 3.19. The zero-order valence-corrected chi connectivity index (χ0v) is 10.7. The van der Waals surface area contributed by atoms with Crippen molar-refractivity contribution >= 4 is 16.8 Å². The van der Waals surface area contributed by atoms with Gasteiger partial charge in [0.15, 0.2) is 12.0 Å². The highest BCUT2D eigenvalue weighted by atomic mass is 16.3. The third-order valence-electron chi connectivity index (χ3n) is 3.79. The second-order valence-corrected chi connectivity index (χ2v) is 5.07. The summed E-state index contributed by atoms with van der Waals surface area (Å²) in [6.07, 6.45) is 4.06. The summed E-state index contributed by atoms with van der Waals surface area (Å²) in [6, 6.07) is 6.19. The van der Waals surface area contributed by atoms with Crippen molar-refractivity contribution in [3.63, 3.8) is 0 Å². The van der Waals surface area contributed by atoms with Crippen LogP contribution in [0.1, 0.15) is 12.8 Å². The molecule has 3 rings (SSSR count). The molecule has 1 unspecified atom stereocenters. The summed E-state index contributed by atoms with van der Waals surface area (Å²) in [5.74, 6) is 0.835. The van der Waals surface area contributed by atoms with E-state index in [0.717, 1.165) is 23.6 Å². The summed E-state index contributed by atoms with van der Waals surface area (Å²) in [5.41, 5.74) is 2.99. The molecular formula is C14H19N3O. The van der Waals surface area contributed by atoms with E-state index < -0.39 is 0 Å². The van der Waals surface area contributed by atoms with Gasteiger partial charge in [-0.2, -0.15) is 0 Å². The maximum Gasteiger partial charge on any atom is 0.181 e. The topological polar surface area (TPSA) is 41.3 Å². The second kappa shape index (κ2) is 4.98. The molecule has 0 spiro atoms. The lowest BCUT2D eigenvalue weighted by molar-refractivity contribution is 0.533. The van der Waals surface area contributed by atoms with Crippen LogP contribution in [0.2, 0.25) is 0 Å². The van der Waals surface area contributed by atoms with Gasteiger partial charge in [0.25, 0.3) is 0 Å². The third kappa shape index (κ3) is 2.34. The fourth-order valence-corrected chi connectivity index (χ4v) is 2.55. The van der Waals surface area contributed by atoms with E-state index in [0.29, 0.717) is 0 Å². The Morgan fingerprint density at radius 3 is 3.28 bits per heavy atom. The van der Waals surface area contributed by atoms with Gasteiger partial charge in [0, 0.05) is 25.3 Å². The summed E-state index contributed by atoms with van der Waals surface area (Å²) in [4.78, 5) is 6.43. The van der Waals surface area contributed by atoms with Crippen LogP contribution in [0.5, 0.6) is 0 Å². The Bertz CT molecular complexity index is 516. The van der Waals surface area contributed by atoms with Crippen molar-refractivity contribution in [2.45, 2.75) is 12.8 Å². The van der Waals surface area contributed by atoms with Gasteiger partial charge in [-0.1, -0.05) is 0 Å². The van der Waals surface area contributed by atoms with Crippen LogP contribution in [0, 0.1) is 5.92 Å². The minimum atomic E-state index is 0.835. The predicted octanol–water partition coefficient (Wildman–Crippen LogP) is 2.26. The number of nitrogens with zero attached hydrogens (tertiary/aromatic N) is 2. The van der Waals surface area contributed by atoms with Crippen LogP contribution in [0.4, 0.5) is 5.69 Å². The molecule has 1 fully saturated rings. The molecule has 0 radical (unpaired) electrons. The normalized spacial score (nSPS) is 19.5. The van der Waals surface area contributed by atoms with E-state index in [4.69, 9.17) is 4.42 Å². The number of benzene rings is 1. The van der Waals surface area contributed by atoms with Gasteiger partial charge in [-0.15, -0.1) is 0 Å². The van der Waals surface area contributed by atoms with Crippen LogP contribution >= 0.6 is 0 Å². The van der Waals surface area contributed by atoms with E-state index in [1.807, 2.05) is 6.07 Å². The molecule has 0 saturated carbocycles. The highest BCUT2D eigenvalue weighted by molar-refractivity contribution is 5.76. The van der Waals surface area contributed by atoms with Gasteiger partial charge in [0.05, 0.1) is 0 Å². The fourth-order valence-electron chi connectivity index (χ4n) is 2.55. The van der Waals surface area contributed by atoms with Crippen molar-refractivity contribution in [3.05, 3.63) is 24.6 Å². The van der Waals surface area contributed by atoms with Crippen molar-refractivity contribution in [3.8, 4) is 0 Å². The molecule has 1 aliphatic heterocycles. The van der Waals surface area contributed by atoms with Crippen molar-refractivity contribution in [2.75, 3.05) is 31.6 Å². The second-order valence-electron chi connectivity index (χ2n) is 5.07. The number of hydrogen-bond donors (Lipinski definition) is 1. The summed E-state index contributed by atoms with van der Waals surface area (Å²) in [6.45, 7) is 3.44. The van der Waals surface area contributed by atoms with E-state index in [2.05, 4.69) is 34.4 Å². The van der Waals surface area contributed by atoms with Crippen molar-refractivity contribution in [1.29, 1.82) is 0 Å². The zero-order valence-electron chi connectivity index (χ0n) is 10.7. The maximum atomic E-state index is 5.34. The molecular weight excluding hydrogens is 226 g/mol. The minimum Gasteiger partial charge on any atom is -0.443 e. The number of anilines is 1. The lowest BCUT2D eigenvalue weighted by Gasteiger charge is -2.20. The Hall–Kier alpha value is -1.55. The van der Waals surface area contributed by atoms with Crippen molar-refractivity contribution in [2.24, 2.45) is 5.92 Å². The quantitative estimate of drug-likeness (QED) is 0.897. The predicted molar refractivity (Wildman–Crippen MR) is 72.9 cm³/mol. The van der Waals surface area contributed by atoms with Gasteiger partial charge in [-0.3, -0.25) is 0 Å². The maximum absolute atomic E-state index is 5.34. The highest BCUT2D eigenvalue weighted by Crippen LogP contribution is 2.21. The molecule has 96 valence electrons. The average molecular weight is 245 g/mol. The van der Waals surface area contributed by atoms with Gasteiger partial charge in [0.2, 0.25) is 0 Å². The van der Waals surface area contributed by atoms with Crippen LogP contribution in [-0.2, 0) is 0 Å². The molecule has 1 aliphatic rings. The molecule has 1 atom stereocenters. The molecule has 2 heterocycles. The fraction of sp³-hybridized carbons (Fsp3) is 0.500. The molecule has 1 saturated heterocycles. The minimum absolute atomic E-state index is 0.835. The number of oxazole rings is 1. The highest BCUT2D eigenvalue weighted by Gasteiger charge is 2.15. The molecule has 1 aromatic heterocycles. The lowest BCUT2D eigenvalue weighted by atomic mass is 10.0. The third-order valence-corrected chi connectivity index (χ3v) is 3.79. The van der Waals surface area contributed by atoms with E-state index in [1.165, 1.54) is 38.0 Å². The van der Waals surface area contributed by atoms with Gasteiger partial charge in [-0.05, 0) is 44.0 Å². The number of aromatic nitrogens is 1. The van der Waals surface area contributed by atoms with E-state index in [-0.39, 0.29) is 0 Å². The molecule has 4 nitrogen and oxygen atoms in total. The van der Waals surface area contributed by atoms with Gasteiger partial charge in [-0.25, -0.2) is 4.98 Å². The van der Waals surface area contributed by atoms with Crippen LogP contribution in [-0.4, -0.2) is 31.7 Å². The molecule has 1 aromatic carbocycles. The van der Waals surface area contributed by atoms with E-state index >= 15 is 0 Å². The molecule has 0 amide bonds. The SMILES string of the molecule is CN(CCC1CCNC1)c1ccc2ncoc2c1. The Morgan fingerprint density at radius 2 is 2.44 bits per heavy atom. The molecule has 0 aliphatic carbocycles. The Balaban J connectivity index is 1.65. The molecule has 0 bridgehead atoms. The van der Waals surface area contributed by atoms with Crippen LogP contribution in [0.25, 0.3) is 11.1 Å². The number of hydrogen-bond acceptors (Lipinski definition) is 4. The van der Waals surface area contributed by atoms with Crippen molar-refractivity contribution in [1.82, 2.24) is 10.3 Å². The first-order valence-electron chi connectivity index (χ1n) is 6.58. The largest absolute Gasteiger partial charge is 0.443 e. The monoisotopic (exact) mass is 245 g/mol. The van der Waals surface area contributed by atoms with Gasteiger partial charge < -0.3 is 14.6 Å². The number of rotatable bonds is 4. The van der Waals surface area contributed by atoms with Crippen LogP contribution in [0.3, 0.4) is 0 Å². The summed E-state index contributed by atoms with van der Waals surface area (Å²) >= 11 is 0.